The Bertz CT molecular complexity index is 78.0. The number of hydrogen-bond donors (Lipinski definition) is 1. The highest BCUT2D eigenvalue weighted by atomic mass is 79.9. The van der Waals surface area contributed by atoms with Crippen LogP contribution in [0.15, 0.2) is 0 Å². The summed E-state index contributed by atoms with van der Waals surface area (Å²) in [7, 11) is 0. The number of rotatable bonds is 5. The topological polar surface area (TPSA) is 20.2 Å². The molecule has 0 heterocycles. The monoisotopic (exact) mass is 206 g/mol. The third kappa shape index (κ3) is 6.62. The van der Waals surface area contributed by atoms with Crippen molar-refractivity contribution in [3.63, 3.8) is 0 Å². The third-order valence-corrected chi connectivity index (χ3v) is 1.98. The number of halogens is 1. The zero-order valence-corrected chi connectivity index (χ0v) is 8.39. The second-order valence-electron chi connectivity index (χ2n) is 3.10. The molecule has 1 nitrogen and oxygen atoms in total. The second kappa shape index (κ2) is 6.23. The van der Waals surface area contributed by atoms with Crippen LogP contribution < -0.4 is 0 Å². The molecule has 0 fully saturated rings. The van der Waals surface area contributed by atoms with Crippen molar-refractivity contribution >= 4 is 22.6 Å². The fourth-order valence-corrected chi connectivity index (χ4v) is 1.32. The highest BCUT2D eigenvalue weighted by Crippen LogP contribution is 2.06. The molecule has 0 aliphatic rings. The summed E-state index contributed by atoms with van der Waals surface area (Å²) >= 11 is 3.30. The third-order valence-electron chi connectivity index (χ3n) is 1.52. The molecule has 0 bridgehead atoms. The van der Waals surface area contributed by atoms with Crippen LogP contribution in [0.3, 0.4) is 0 Å². The molecule has 0 rings (SSSR count). The summed E-state index contributed by atoms with van der Waals surface area (Å²) < 4.78 is 0. The van der Waals surface area contributed by atoms with Gasteiger partial charge in [0.15, 0.2) is 0 Å². The standard InChI is InChI=1S/C7H16BBrO/c1-8(2)5-3-7(10)4-6-9/h7,10H,3-6H2,1-2H3. The summed E-state index contributed by atoms with van der Waals surface area (Å²) in [6.45, 7) is 5.08. The van der Waals surface area contributed by atoms with Crippen LogP contribution >= 0.6 is 15.9 Å². The van der Waals surface area contributed by atoms with E-state index in [2.05, 4.69) is 29.6 Å². The Morgan fingerprint density at radius 1 is 1.40 bits per heavy atom. The lowest BCUT2D eigenvalue weighted by Crippen LogP contribution is -2.10. The van der Waals surface area contributed by atoms with E-state index in [0.29, 0.717) is 6.71 Å². The fourth-order valence-electron chi connectivity index (χ4n) is 0.796. The molecular weight excluding hydrogens is 191 g/mol. The summed E-state index contributed by atoms with van der Waals surface area (Å²) in [6, 6.07) is 0. The number of alkyl halides is 1. The van der Waals surface area contributed by atoms with Crippen molar-refractivity contribution in [2.45, 2.75) is 38.9 Å². The van der Waals surface area contributed by atoms with Gasteiger partial charge in [0.2, 0.25) is 0 Å². The van der Waals surface area contributed by atoms with Crippen LogP contribution in [0.2, 0.25) is 20.0 Å². The zero-order valence-electron chi connectivity index (χ0n) is 6.81. The average Bonchev–Trinajstić information content (AvgIpc) is 1.85. The summed E-state index contributed by atoms with van der Waals surface area (Å²) in [5.74, 6) is 0. The first-order chi connectivity index (χ1) is 4.66. The molecule has 60 valence electrons. The van der Waals surface area contributed by atoms with Crippen molar-refractivity contribution in [2.75, 3.05) is 5.33 Å². The van der Waals surface area contributed by atoms with Crippen molar-refractivity contribution in [2.24, 2.45) is 0 Å². The summed E-state index contributed by atoms with van der Waals surface area (Å²) in [4.78, 5) is 0. The van der Waals surface area contributed by atoms with E-state index in [4.69, 9.17) is 0 Å². The molecule has 0 aromatic carbocycles. The van der Waals surface area contributed by atoms with Gasteiger partial charge in [-0.15, -0.1) is 0 Å². The molecule has 0 aromatic rings. The molecule has 0 aromatic heterocycles. The smallest absolute Gasteiger partial charge is 0.133 e. The van der Waals surface area contributed by atoms with E-state index >= 15 is 0 Å². The van der Waals surface area contributed by atoms with Crippen LogP contribution in [0.4, 0.5) is 0 Å². The molecule has 1 unspecified atom stereocenters. The maximum atomic E-state index is 9.27. The molecule has 0 saturated carbocycles. The average molecular weight is 207 g/mol. The Labute approximate surface area is 72.4 Å². The molecule has 1 atom stereocenters. The Morgan fingerprint density at radius 3 is 2.40 bits per heavy atom. The van der Waals surface area contributed by atoms with Gasteiger partial charge >= 0.3 is 0 Å². The van der Waals surface area contributed by atoms with E-state index in [1.54, 1.807) is 0 Å². The van der Waals surface area contributed by atoms with Crippen molar-refractivity contribution in [3.8, 4) is 0 Å². The maximum absolute atomic E-state index is 9.27. The van der Waals surface area contributed by atoms with Crippen LogP contribution in [-0.2, 0) is 0 Å². The molecule has 0 aliphatic heterocycles. The molecular formula is C7H16BBrO. The molecule has 0 amide bonds. The summed E-state index contributed by atoms with van der Waals surface area (Å²) in [5.41, 5.74) is 0. The number of aliphatic hydroxyl groups excluding tert-OH is 1. The molecule has 0 aliphatic carbocycles. The van der Waals surface area contributed by atoms with E-state index in [0.717, 1.165) is 24.5 Å². The van der Waals surface area contributed by atoms with E-state index in [1.807, 2.05) is 0 Å². The van der Waals surface area contributed by atoms with Gasteiger partial charge in [-0.05, 0) is 12.8 Å². The largest absolute Gasteiger partial charge is 0.393 e. The van der Waals surface area contributed by atoms with Gasteiger partial charge in [-0.2, -0.15) is 0 Å². The molecule has 0 spiro atoms. The van der Waals surface area contributed by atoms with Crippen molar-refractivity contribution in [3.05, 3.63) is 0 Å². The van der Waals surface area contributed by atoms with Crippen LogP contribution in [0.1, 0.15) is 12.8 Å². The van der Waals surface area contributed by atoms with E-state index in [1.165, 1.54) is 0 Å². The van der Waals surface area contributed by atoms with Crippen LogP contribution in [0.5, 0.6) is 0 Å². The fraction of sp³-hybridized carbons (Fsp3) is 1.00. The SMILES string of the molecule is CB(C)CCC(O)CCBr. The van der Waals surface area contributed by atoms with Gasteiger partial charge in [0.25, 0.3) is 0 Å². The minimum Gasteiger partial charge on any atom is -0.393 e. The summed E-state index contributed by atoms with van der Waals surface area (Å²) in [5, 5.41) is 10.2. The lowest BCUT2D eigenvalue weighted by atomic mass is 9.51. The van der Waals surface area contributed by atoms with Gasteiger partial charge in [-0.1, -0.05) is 35.9 Å². The molecule has 3 heteroatoms. The van der Waals surface area contributed by atoms with E-state index < -0.39 is 0 Å². The number of aliphatic hydroxyl groups is 1. The maximum Gasteiger partial charge on any atom is 0.133 e. The predicted octanol–water partition coefficient (Wildman–Crippen LogP) is 2.28. The predicted molar refractivity (Wildman–Crippen MR) is 51.3 cm³/mol. The first-order valence-corrected chi connectivity index (χ1v) is 5.03. The van der Waals surface area contributed by atoms with Crippen LogP contribution in [-0.4, -0.2) is 23.3 Å². The van der Waals surface area contributed by atoms with Gasteiger partial charge in [0.05, 0.1) is 6.10 Å². The van der Waals surface area contributed by atoms with Gasteiger partial charge in [0, 0.05) is 5.33 Å². The Kier molecular flexibility index (Phi) is 6.54. The van der Waals surface area contributed by atoms with Crippen molar-refractivity contribution in [1.82, 2.24) is 0 Å². The minimum absolute atomic E-state index is 0.0956. The van der Waals surface area contributed by atoms with Crippen LogP contribution in [0.25, 0.3) is 0 Å². The van der Waals surface area contributed by atoms with Gasteiger partial charge in [-0.25, -0.2) is 0 Å². The Morgan fingerprint density at radius 2 is 2.00 bits per heavy atom. The highest BCUT2D eigenvalue weighted by Gasteiger charge is 2.05. The molecule has 1 N–H and O–H groups in total. The Balaban J connectivity index is 3.12. The zero-order chi connectivity index (χ0) is 7.98. The summed E-state index contributed by atoms with van der Waals surface area (Å²) in [6.07, 6.45) is 2.87. The molecule has 0 radical (unpaired) electrons. The van der Waals surface area contributed by atoms with E-state index in [-0.39, 0.29) is 6.10 Å². The quantitative estimate of drug-likeness (QED) is 0.541. The van der Waals surface area contributed by atoms with Gasteiger partial charge in [0.1, 0.15) is 6.71 Å². The lowest BCUT2D eigenvalue weighted by Gasteiger charge is -2.08. The highest BCUT2D eigenvalue weighted by molar-refractivity contribution is 9.09. The molecule has 10 heavy (non-hydrogen) atoms. The first-order valence-electron chi connectivity index (χ1n) is 3.90. The normalized spacial score (nSPS) is 13.2. The van der Waals surface area contributed by atoms with E-state index in [9.17, 15) is 5.11 Å². The van der Waals surface area contributed by atoms with Crippen LogP contribution in [0, 0.1) is 0 Å². The van der Waals surface area contributed by atoms with Gasteiger partial charge in [-0.3, -0.25) is 0 Å². The first kappa shape index (κ1) is 10.5. The number of hydrogen-bond acceptors (Lipinski definition) is 1. The van der Waals surface area contributed by atoms with Gasteiger partial charge < -0.3 is 5.11 Å². The second-order valence-corrected chi connectivity index (χ2v) is 3.90. The molecule has 0 saturated heterocycles. The lowest BCUT2D eigenvalue weighted by molar-refractivity contribution is 0.167. The van der Waals surface area contributed by atoms with Crippen molar-refractivity contribution < 1.29 is 5.11 Å². The van der Waals surface area contributed by atoms with Crippen molar-refractivity contribution in [1.29, 1.82) is 0 Å². The Hall–Kier alpha value is 0.505. The minimum atomic E-state index is -0.0956.